The van der Waals surface area contributed by atoms with Gasteiger partial charge in [0.05, 0.1) is 14.2 Å². The van der Waals surface area contributed by atoms with Crippen LogP contribution >= 0.6 is 0 Å². The minimum absolute atomic E-state index is 0.192. The van der Waals surface area contributed by atoms with Crippen molar-refractivity contribution in [2.45, 2.75) is 31.5 Å². The molecule has 1 unspecified atom stereocenters. The molecule has 0 saturated carbocycles. The van der Waals surface area contributed by atoms with Crippen molar-refractivity contribution in [2.24, 2.45) is 5.73 Å². The van der Waals surface area contributed by atoms with Gasteiger partial charge in [0.25, 0.3) is 0 Å². The van der Waals surface area contributed by atoms with Gasteiger partial charge in [0.15, 0.2) is 11.5 Å². The highest BCUT2D eigenvalue weighted by Gasteiger charge is 2.30. The highest BCUT2D eigenvalue weighted by atomic mass is 19.1. The molecule has 1 atom stereocenters. The fraction of sp³-hybridized carbons (Fsp3) is 0.450. The van der Waals surface area contributed by atoms with Crippen LogP contribution in [0.2, 0.25) is 0 Å². The summed E-state index contributed by atoms with van der Waals surface area (Å²) < 4.78 is 25.7. The molecule has 5 nitrogen and oxygen atoms in total. The molecule has 6 heteroatoms. The van der Waals surface area contributed by atoms with E-state index >= 15 is 0 Å². The number of hydrogen-bond acceptors (Lipinski definition) is 4. The molecular weight excluding hydrogens is 335 g/mol. The molecule has 0 fully saturated rings. The first kappa shape index (κ1) is 18.5. The van der Waals surface area contributed by atoms with Gasteiger partial charge in [-0.15, -0.1) is 0 Å². The smallest absolute Gasteiger partial charge is 0.248 e. The first-order chi connectivity index (χ1) is 12.4. The van der Waals surface area contributed by atoms with Gasteiger partial charge in [0.2, 0.25) is 5.91 Å². The molecule has 140 valence electrons. The SMILES string of the molecule is COc1cc2c(cc1OC)CN(CCC1(F)C=CC(C(N)=O)=CC1)CC2. The van der Waals surface area contributed by atoms with E-state index in [-0.39, 0.29) is 6.42 Å². The highest BCUT2D eigenvalue weighted by molar-refractivity contribution is 5.95. The zero-order valence-corrected chi connectivity index (χ0v) is 15.3. The van der Waals surface area contributed by atoms with E-state index in [0.717, 1.165) is 31.0 Å². The summed E-state index contributed by atoms with van der Waals surface area (Å²) in [5, 5.41) is 0. The largest absolute Gasteiger partial charge is 0.493 e. The van der Waals surface area contributed by atoms with E-state index < -0.39 is 11.6 Å². The van der Waals surface area contributed by atoms with Crippen LogP contribution in [0, 0.1) is 0 Å². The second kappa shape index (κ2) is 7.50. The zero-order valence-electron chi connectivity index (χ0n) is 15.3. The van der Waals surface area contributed by atoms with Crippen LogP contribution < -0.4 is 15.2 Å². The fourth-order valence-electron chi connectivity index (χ4n) is 3.50. The molecule has 2 N–H and O–H groups in total. The average Bonchev–Trinajstić information content (AvgIpc) is 2.65. The number of fused-ring (bicyclic) bond motifs is 1. The topological polar surface area (TPSA) is 64.8 Å². The molecule has 0 radical (unpaired) electrons. The summed E-state index contributed by atoms with van der Waals surface area (Å²) in [7, 11) is 3.26. The Morgan fingerprint density at radius 2 is 1.96 bits per heavy atom. The molecule has 0 aromatic heterocycles. The van der Waals surface area contributed by atoms with E-state index in [0.29, 0.717) is 18.5 Å². The average molecular weight is 360 g/mol. The maximum atomic E-state index is 14.9. The van der Waals surface area contributed by atoms with Gasteiger partial charge in [-0.05, 0) is 42.2 Å². The van der Waals surface area contributed by atoms with Crippen LogP contribution in [0.25, 0.3) is 0 Å². The van der Waals surface area contributed by atoms with Crippen LogP contribution in [-0.2, 0) is 17.8 Å². The Balaban J connectivity index is 1.62. The van der Waals surface area contributed by atoms with Crippen molar-refractivity contribution >= 4 is 5.91 Å². The van der Waals surface area contributed by atoms with E-state index in [1.54, 1.807) is 20.3 Å². The first-order valence-electron chi connectivity index (χ1n) is 8.78. The number of ether oxygens (including phenoxy) is 2. The number of carbonyl (C=O) groups excluding carboxylic acids is 1. The molecular formula is C20H25FN2O3. The lowest BCUT2D eigenvalue weighted by Crippen LogP contribution is -2.35. The molecule has 1 amide bonds. The summed E-state index contributed by atoms with van der Waals surface area (Å²) in [5.41, 5.74) is 6.63. The van der Waals surface area contributed by atoms with Crippen molar-refractivity contribution in [3.8, 4) is 11.5 Å². The number of methoxy groups -OCH3 is 2. The van der Waals surface area contributed by atoms with E-state index in [1.807, 2.05) is 12.1 Å². The van der Waals surface area contributed by atoms with Crippen molar-refractivity contribution in [3.05, 3.63) is 47.1 Å². The van der Waals surface area contributed by atoms with Crippen LogP contribution in [0.15, 0.2) is 35.9 Å². The number of allylic oxidation sites excluding steroid dienone is 2. The third-order valence-electron chi connectivity index (χ3n) is 5.15. The Bertz CT molecular complexity index is 760. The number of benzene rings is 1. The molecule has 1 aliphatic carbocycles. The number of primary amides is 1. The quantitative estimate of drug-likeness (QED) is 0.847. The van der Waals surface area contributed by atoms with Gasteiger partial charge in [-0.3, -0.25) is 9.69 Å². The normalized spacial score (nSPS) is 22.5. The van der Waals surface area contributed by atoms with Crippen molar-refractivity contribution in [2.75, 3.05) is 27.3 Å². The maximum Gasteiger partial charge on any atom is 0.248 e. The van der Waals surface area contributed by atoms with Crippen LogP contribution in [0.4, 0.5) is 4.39 Å². The minimum Gasteiger partial charge on any atom is -0.493 e. The second-order valence-electron chi connectivity index (χ2n) is 6.85. The Morgan fingerprint density at radius 1 is 1.27 bits per heavy atom. The molecule has 1 aliphatic heterocycles. The van der Waals surface area contributed by atoms with Gasteiger partial charge in [0, 0.05) is 31.6 Å². The van der Waals surface area contributed by atoms with Crippen LogP contribution in [0.1, 0.15) is 24.0 Å². The van der Waals surface area contributed by atoms with E-state index in [1.165, 1.54) is 23.3 Å². The van der Waals surface area contributed by atoms with E-state index in [9.17, 15) is 9.18 Å². The lowest BCUT2D eigenvalue weighted by atomic mass is 9.90. The Labute approximate surface area is 153 Å². The molecule has 0 spiro atoms. The Kier molecular flexibility index (Phi) is 5.32. The molecule has 1 heterocycles. The summed E-state index contributed by atoms with van der Waals surface area (Å²) in [4.78, 5) is 13.4. The predicted molar refractivity (Wildman–Crippen MR) is 98.0 cm³/mol. The maximum absolute atomic E-state index is 14.9. The van der Waals surface area contributed by atoms with Gasteiger partial charge in [-0.1, -0.05) is 12.2 Å². The van der Waals surface area contributed by atoms with Gasteiger partial charge in [-0.2, -0.15) is 0 Å². The molecule has 1 aromatic carbocycles. The second-order valence-corrected chi connectivity index (χ2v) is 6.85. The molecule has 1 aromatic rings. The lowest BCUT2D eigenvalue weighted by Gasteiger charge is -2.32. The van der Waals surface area contributed by atoms with Crippen LogP contribution in [0.5, 0.6) is 11.5 Å². The number of alkyl halides is 1. The van der Waals surface area contributed by atoms with Crippen molar-refractivity contribution < 1.29 is 18.7 Å². The minimum atomic E-state index is -1.42. The van der Waals surface area contributed by atoms with Crippen LogP contribution in [0.3, 0.4) is 0 Å². The number of carbonyl (C=O) groups is 1. The lowest BCUT2D eigenvalue weighted by molar-refractivity contribution is -0.114. The summed E-state index contributed by atoms with van der Waals surface area (Å²) in [6.45, 7) is 2.29. The van der Waals surface area contributed by atoms with Gasteiger partial charge in [-0.25, -0.2) is 4.39 Å². The fourth-order valence-corrected chi connectivity index (χ4v) is 3.50. The predicted octanol–water partition coefficient (Wildman–Crippen LogP) is 2.53. The number of halogens is 1. The number of hydrogen-bond donors (Lipinski definition) is 1. The number of nitrogens with two attached hydrogens (primary N) is 1. The Hall–Kier alpha value is -2.34. The van der Waals surface area contributed by atoms with E-state index in [4.69, 9.17) is 15.2 Å². The van der Waals surface area contributed by atoms with Crippen molar-refractivity contribution in [3.63, 3.8) is 0 Å². The third kappa shape index (κ3) is 3.90. The molecule has 2 aliphatic rings. The zero-order chi connectivity index (χ0) is 18.7. The van der Waals surface area contributed by atoms with E-state index in [2.05, 4.69) is 4.90 Å². The Morgan fingerprint density at radius 3 is 2.54 bits per heavy atom. The molecule has 26 heavy (non-hydrogen) atoms. The highest BCUT2D eigenvalue weighted by Crippen LogP contribution is 2.34. The summed E-state index contributed by atoms with van der Waals surface area (Å²) in [6.07, 6.45) is 6.03. The monoisotopic (exact) mass is 360 g/mol. The van der Waals surface area contributed by atoms with Crippen LogP contribution in [-0.4, -0.2) is 43.8 Å². The number of nitrogens with zero attached hydrogens (tertiary/aromatic N) is 1. The van der Waals surface area contributed by atoms with Crippen molar-refractivity contribution in [1.29, 1.82) is 0 Å². The first-order valence-corrected chi connectivity index (χ1v) is 8.78. The summed E-state index contributed by atoms with van der Waals surface area (Å²) >= 11 is 0. The third-order valence-corrected chi connectivity index (χ3v) is 5.15. The molecule has 0 saturated heterocycles. The molecule has 0 bridgehead atoms. The van der Waals surface area contributed by atoms with Gasteiger partial charge >= 0.3 is 0 Å². The summed E-state index contributed by atoms with van der Waals surface area (Å²) in [5.74, 6) is 0.946. The standard InChI is InChI=1S/C20H25FN2O3/c1-25-17-11-15-5-9-23(13-16(15)12-18(17)26-2)10-8-20(21)6-3-14(4-7-20)19(22)24/h3-4,6,11-12H,5,7-10,13H2,1-2H3,(H2,22,24). The van der Waals surface area contributed by atoms with Crippen molar-refractivity contribution in [1.82, 2.24) is 4.90 Å². The van der Waals surface area contributed by atoms with Gasteiger partial charge < -0.3 is 15.2 Å². The summed E-state index contributed by atoms with van der Waals surface area (Å²) in [6, 6.07) is 4.04. The number of amides is 1. The molecule has 3 rings (SSSR count). The van der Waals surface area contributed by atoms with Gasteiger partial charge in [0.1, 0.15) is 5.67 Å². The number of rotatable bonds is 6.